The highest BCUT2D eigenvalue weighted by Gasteiger charge is 2.09. The molecule has 2 amide bonds. The van der Waals surface area contributed by atoms with Crippen molar-refractivity contribution in [2.45, 2.75) is 0 Å². The molecule has 0 heterocycles. The summed E-state index contributed by atoms with van der Waals surface area (Å²) in [4.78, 5) is 24.2. The molecule has 0 saturated carbocycles. The van der Waals surface area contributed by atoms with Crippen molar-refractivity contribution in [3.05, 3.63) is 84.4 Å². The van der Waals surface area contributed by atoms with Crippen LogP contribution in [0.2, 0.25) is 0 Å². The summed E-state index contributed by atoms with van der Waals surface area (Å²) in [6, 6.07) is 23.0. The predicted octanol–water partition coefficient (Wildman–Crippen LogP) is 3.86. The largest absolute Gasteiger partial charge is 0.497 e. The molecular weight excluding hydrogens is 356 g/mol. The van der Waals surface area contributed by atoms with Crippen molar-refractivity contribution < 1.29 is 19.1 Å². The van der Waals surface area contributed by atoms with Crippen molar-refractivity contribution >= 4 is 17.5 Å². The highest BCUT2D eigenvalue weighted by Crippen LogP contribution is 2.21. The van der Waals surface area contributed by atoms with E-state index >= 15 is 0 Å². The zero-order valence-electron chi connectivity index (χ0n) is 15.3. The molecule has 0 bridgehead atoms. The number of hydrogen-bond donors (Lipinski definition) is 2. The summed E-state index contributed by atoms with van der Waals surface area (Å²) in [6.45, 7) is -0.132. The number of anilines is 1. The van der Waals surface area contributed by atoms with Gasteiger partial charge in [-0.15, -0.1) is 0 Å². The van der Waals surface area contributed by atoms with Crippen molar-refractivity contribution in [3.63, 3.8) is 0 Å². The van der Waals surface area contributed by atoms with Crippen LogP contribution in [0.1, 0.15) is 10.4 Å². The van der Waals surface area contributed by atoms with Gasteiger partial charge < -0.3 is 20.1 Å². The van der Waals surface area contributed by atoms with Gasteiger partial charge in [-0.2, -0.15) is 0 Å². The maximum atomic E-state index is 12.2. The second kappa shape index (κ2) is 9.23. The van der Waals surface area contributed by atoms with Gasteiger partial charge in [0.1, 0.15) is 17.2 Å². The zero-order chi connectivity index (χ0) is 19.8. The van der Waals surface area contributed by atoms with Crippen molar-refractivity contribution in [3.8, 4) is 17.2 Å². The van der Waals surface area contributed by atoms with Crippen LogP contribution in [-0.2, 0) is 4.79 Å². The van der Waals surface area contributed by atoms with E-state index < -0.39 is 0 Å². The lowest BCUT2D eigenvalue weighted by Crippen LogP contribution is -2.32. The summed E-state index contributed by atoms with van der Waals surface area (Å²) in [5.74, 6) is 1.39. The van der Waals surface area contributed by atoms with Crippen LogP contribution in [0.4, 0.5) is 5.69 Å². The van der Waals surface area contributed by atoms with Crippen LogP contribution in [0.25, 0.3) is 0 Å². The maximum absolute atomic E-state index is 12.2. The smallest absolute Gasteiger partial charge is 0.251 e. The van der Waals surface area contributed by atoms with Crippen LogP contribution in [-0.4, -0.2) is 25.5 Å². The van der Waals surface area contributed by atoms with E-state index in [4.69, 9.17) is 9.47 Å². The van der Waals surface area contributed by atoms with Gasteiger partial charge in [-0.1, -0.05) is 18.2 Å². The minimum atomic E-state index is -0.337. The first kappa shape index (κ1) is 19.0. The van der Waals surface area contributed by atoms with Gasteiger partial charge in [0.15, 0.2) is 0 Å². The van der Waals surface area contributed by atoms with Gasteiger partial charge in [0, 0.05) is 11.3 Å². The second-order valence-electron chi connectivity index (χ2n) is 5.90. The Morgan fingerprint density at radius 3 is 2.04 bits per heavy atom. The van der Waals surface area contributed by atoms with E-state index in [1.54, 1.807) is 55.6 Å². The first-order valence-corrected chi connectivity index (χ1v) is 8.69. The van der Waals surface area contributed by atoms with E-state index in [9.17, 15) is 9.59 Å². The monoisotopic (exact) mass is 376 g/mol. The molecule has 0 saturated heterocycles. The lowest BCUT2D eigenvalue weighted by Gasteiger charge is -2.09. The normalized spacial score (nSPS) is 10.0. The molecule has 0 radical (unpaired) electrons. The van der Waals surface area contributed by atoms with E-state index in [0.29, 0.717) is 22.7 Å². The van der Waals surface area contributed by atoms with Crippen molar-refractivity contribution in [2.24, 2.45) is 0 Å². The average Bonchev–Trinajstić information content (AvgIpc) is 2.74. The van der Waals surface area contributed by atoms with E-state index in [1.807, 2.05) is 30.3 Å². The quantitative estimate of drug-likeness (QED) is 0.657. The third-order valence-electron chi connectivity index (χ3n) is 3.88. The van der Waals surface area contributed by atoms with Gasteiger partial charge in [0.25, 0.3) is 5.91 Å². The molecule has 6 heteroatoms. The van der Waals surface area contributed by atoms with Crippen molar-refractivity contribution in [2.75, 3.05) is 19.0 Å². The maximum Gasteiger partial charge on any atom is 0.251 e. The minimum Gasteiger partial charge on any atom is -0.497 e. The standard InChI is InChI=1S/C22H20N2O4/c1-27-18-13-9-17(10-14-18)24-21(25)15-23-22(26)16-7-11-20(12-8-16)28-19-5-3-2-4-6-19/h2-14H,15H2,1H3,(H,23,26)(H,24,25). The Morgan fingerprint density at radius 1 is 0.786 bits per heavy atom. The van der Waals surface area contributed by atoms with Crippen molar-refractivity contribution in [1.29, 1.82) is 0 Å². The van der Waals surface area contributed by atoms with Gasteiger partial charge in [0.05, 0.1) is 13.7 Å². The number of ether oxygens (including phenoxy) is 2. The number of nitrogens with one attached hydrogen (secondary N) is 2. The average molecular weight is 376 g/mol. The molecule has 3 aromatic rings. The number of rotatable bonds is 7. The Morgan fingerprint density at radius 2 is 1.39 bits per heavy atom. The highest BCUT2D eigenvalue weighted by atomic mass is 16.5. The molecule has 142 valence electrons. The molecule has 3 aromatic carbocycles. The Labute approximate surface area is 163 Å². The number of para-hydroxylation sites is 1. The summed E-state index contributed by atoms with van der Waals surface area (Å²) in [5, 5.41) is 5.30. The fraction of sp³-hybridized carbons (Fsp3) is 0.0909. The van der Waals surface area contributed by atoms with Gasteiger partial charge >= 0.3 is 0 Å². The van der Waals surface area contributed by atoms with Crippen molar-refractivity contribution in [1.82, 2.24) is 5.32 Å². The molecule has 0 atom stereocenters. The first-order valence-electron chi connectivity index (χ1n) is 8.69. The summed E-state index contributed by atoms with van der Waals surface area (Å²) >= 11 is 0. The third-order valence-corrected chi connectivity index (χ3v) is 3.88. The fourth-order valence-corrected chi connectivity index (χ4v) is 2.44. The number of hydrogen-bond acceptors (Lipinski definition) is 4. The van der Waals surface area contributed by atoms with E-state index in [2.05, 4.69) is 10.6 Å². The summed E-state index contributed by atoms with van der Waals surface area (Å²) < 4.78 is 10.8. The molecule has 0 unspecified atom stereocenters. The van der Waals surface area contributed by atoms with Crippen LogP contribution in [0, 0.1) is 0 Å². The third kappa shape index (κ3) is 5.35. The number of amides is 2. The summed E-state index contributed by atoms with van der Waals surface area (Å²) in [5.41, 5.74) is 1.07. The number of carbonyl (C=O) groups is 2. The van der Waals surface area contributed by atoms with Crippen LogP contribution < -0.4 is 20.1 Å². The lowest BCUT2D eigenvalue weighted by molar-refractivity contribution is -0.115. The first-order chi connectivity index (χ1) is 13.6. The van der Waals surface area contributed by atoms with Crippen LogP contribution in [0.3, 0.4) is 0 Å². The molecule has 0 aliphatic rings. The van der Waals surface area contributed by atoms with Gasteiger partial charge in [-0.3, -0.25) is 9.59 Å². The molecule has 0 aromatic heterocycles. The summed E-state index contributed by atoms with van der Waals surface area (Å²) in [6.07, 6.45) is 0. The SMILES string of the molecule is COc1ccc(NC(=O)CNC(=O)c2ccc(Oc3ccccc3)cc2)cc1. The van der Waals surface area contributed by atoms with Gasteiger partial charge in [-0.05, 0) is 60.7 Å². The molecule has 0 aliphatic carbocycles. The summed E-state index contributed by atoms with van der Waals surface area (Å²) in [7, 11) is 1.57. The minimum absolute atomic E-state index is 0.132. The molecule has 0 spiro atoms. The molecule has 2 N–H and O–H groups in total. The number of benzene rings is 3. The van der Waals surface area contributed by atoms with E-state index in [-0.39, 0.29) is 18.4 Å². The predicted molar refractivity (Wildman–Crippen MR) is 107 cm³/mol. The zero-order valence-corrected chi connectivity index (χ0v) is 15.3. The molecule has 6 nitrogen and oxygen atoms in total. The fourth-order valence-electron chi connectivity index (χ4n) is 2.44. The number of carbonyl (C=O) groups excluding carboxylic acids is 2. The van der Waals surface area contributed by atoms with Crippen LogP contribution >= 0.6 is 0 Å². The van der Waals surface area contributed by atoms with E-state index in [0.717, 1.165) is 5.75 Å². The molecule has 0 fully saturated rings. The highest BCUT2D eigenvalue weighted by molar-refractivity contribution is 5.99. The molecule has 28 heavy (non-hydrogen) atoms. The van der Waals surface area contributed by atoms with E-state index in [1.165, 1.54) is 0 Å². The molecule has 3 rings (SSSR count). The topological polar surface area (TPSA) is 76.7 Å². The molecule has 0 aliphatic heterocycles. The van der Waals surface area contributed by atoms with Gasteiger partial charge in [-0.25, -0.2) is 0 Å². The van der Waals surface area contributed by atoms with Gasteiger partial charge in [0.2, 0.25) is 5.91 Å². The van der Waals surface area contributed by atoms with Crippen LogP contribution in [0.15, 0.2) is 78.9 Å². The Bertz CT molecular complexity index is 923. The Hall–Kier alpha value is -3.80. The second-order valence-corrected chi connectivity index (χ2v) is 5.90. The Kier molecular flexibility index (Phi) is 6.25. The lowest BCUT2D eigenvalue weighted by atomic mass is 10.2. The van der Waals surface area contributed by atoms with Crippen LogP contribution in [0.5, 0.6) is 17.2 Å². The Balaban J connectivity index is 1.49. The number of methoxy groups -OCH3 is 1. The molecular formula is C22H20N2O4.